The van der Waals surface area contributed by atoms with Crippen molar-refractivity contribution in [3.8, 4) is 5.75 Å². The number of methoxy groups -OCH3 is 1. The fraction of sp³-hybridized carbons (Fsp3) is 0.304. The predicted octanol–water partition coefficient (Wildman–Crippen LogP) is 3.92. The molecule has 0 aliphatic carbocycles. The molecular formula is C23H28ClN7O3S. The topological polar surface area (TPSA) is 134 Å². The smallest absolute Gasteiger partial charge is 0.229 e. The van der Waals surface area contributed by atoms with Crippen molar-refractivity contribution in [3.05, 3.63) is 53.7 Å². The molecule has 0 atom stereocenters. The van der Waals surface area contributed by atoms with Crippen LogP contribution in [0.3, 0.4) is 0 Å². The van der Waals surface area contributed by atoms with Crippen LogP contribution < -0.4 is 30.7 Å². The molecule has 0 unspecified atom stereocenters. The van der Waals surface area contributed by atoms with Crippen LogP contribution in [0.4, 0.5) is 34.5 Å². The average molecular weight is 518 g/mol. The van der Waals surface area contributed by atoms with Gasteiger partial charge in [-0.05, 0) is 37.1 Å². The zero-order valence-electron chi connectivity index (χ0n) is 19.5. The third kappa shape index (κ3) is 6.44. The maximum absolute atomic E-state index is 11.7. The summed E-state index contributed by atoms with van der Waals surface area (Å²) < 4.78 is 31.5. The predicted molar refractivity (Wildman–Crippen MR) is 141 cm³/mol. The van der Waals surface area contributed by atoms with Gasteiger partial charge in [-0.1, -0.05) is 23.7 Å². The Morgan fingerprint density at radius 2 is 1.80 bits per heavy atom. The highest BCUT2D eigenvalue weighted by Gasteiger charge is 2.18. The number of nitrogens with two attached hydrogens (primary N) is 1. The van der Waals surface area contributed by atoms with E-state index < -0.39 is 10.0 Å². The Bertz CT molecular complexity index is 1300. The van der Waals surface area contributed by atoms with E-state index in [1.54, 1.807) is 31.4 Å². The summed E-state index contributed by atoms with van der Waals surface area (Å²) in [7, 11) is -1.86. The van der Waals surface area contributed by atoms with E-state index in [-0.39, 0.29) is 11.1 Å². The Labute approximate surface area is 209 Å². The second kappa shape index (κ2) is 10.5. The number of para-hydroxylation sites is 2. The molecule has 2 heterocycles. The number of hydrogen-bond donors (Lipinski definition) is 4. The first-order valence-electron chi connectivity index (χ1n) is 11.0. The second-order valence-corrected chi connectivity index (χ2v) is 10.4. The fourth-order valence-electron chi connectivity index (χ4n) is 3.78. The minimum Gasteiger partial charge on any atom is -0.494 e. The van der Waals surface area contributed by atoms with E-state index in [2.05, 4.69) is 30.2 Å². The largest absolute Gasteiger partial charge is 0.494 e. The molecule has 1 aromatic heterocycles. The Balaban J connectivity index is 1.55. The van der Waals surface area contributed by atoms with Gasteiger partial charge < -0.3 is 26.0 Å². The molecule has 0 spiro atoms. The van der Waals surface area contributed by atoms with Crippen LogP contribution in [0.2, 0.25) is 5.02 Å². The van der Waals surface area contributed by atoms with Crippen LogP contribution in [0.15, 0.2) is 48.7 Å². The molecule has 5 N–H and O–H groups in total. The van der Waals surface area contributed by atoms with Gasteiger partial charge in [-0.2, -0.15) is 4.98 Å². The van der Waals surface area contributed by atoms with E-state index in [1.165, 1.54) is 6.20 Å². The van der Waals surface area contributed by atoms with Gasteiger partial charge >= 0.3 is 0 Å². The summed E-state index contributed by atoms with van der Waals surface area (Å²) in [5.74, 6) is 1.25. The molecular weight excluding hydrogens is 490 g/mol. The van der Waals surface area contributed by atoms with Gasteiger partial charge in [0, 0.05) is 30.9 Å². The van der Waals surface area contributed by atoms with E-state index in [0.717, 1.165) is 37.9 Å². The van der Waals surface area contributed by atoms with Gasteiger partial charge in [-0.15, -0.1) is 0 Å². The molecule has 0 radical (unpaired) electrons. The van der Waals surface area contributed by atoms with E-state index in [9.17, 15) is 8.42 Å². The Morgan fingerprint density at radius 3 is 2.49 bits per heavy atom. The summed E-state index contributed by atoms with van der Waals surface area (Å²) in [6.45, 7) is 1.81. The number of nitrogens with zero attached hydrogens (tertiary/aromatic N) is 3. The van der Waals surface area contributed by atoms with Crippen molar-refractivity contribution in [2.75, 3.05) is 46.7 Å². The second-order valence-electron chi connectivity index (χ2n) is 8.27. The first-order valence-corrected chi connectivity index (χ1v) is 13.3. The summed E-state index contributed by atoms with van der Waals surface area (Å²) in [6, 6.07) is 13.0. The van der Waals surface area contributed by atoms with Crippen LogP contribution in [-0.4, -0.2) is 50.9 Å². The van der Waals surface area contributed by atoms with Crippen molar-refractivity contribution in [1.82, 2.24) is 9.97 Å². The molecule has 2 aromatic carbocycles. The first kappa shape index (κ1) is 24.8. The van der Waals surface area contributed by atoms with Crippen LogP contribution in [0.5, 0.6) is 5.75 Å². The van der Waals surface area contributed by atoms with Gasteiger partial charge in [0.05, 0.1) is 36.6 Å². The molecule has 1 fully saturated rings. The van der Waals surface area contributed by atoms with Gasteiger partial charge in [0.2, 0.25) is 16.0 Å². The third-order valence-corrected chi connectivity index (χ3v) is 6.42. The van der Waals surface area contributed by atoms with Crippen molar-refractivity contribution in [2.24, 2.45) is 5.73 Å². The zero-order chi connectivity index (χ0) is 25.0. The molecule has 0 amide bonds. The Kier molecular flexibility index (Phi) is 7.48. The van der Waals surface area contributed by atoms with Gasteiger partial charge in [-0.25, -0.2) is 13.4 Å². The summed E-state index contributed by atoms with van der Waals surface area (Å²) in [5.41, 5.74) is 8.65. The Hall–Kier alpha value is -3.28. The lowest BCUT2D eigenvalue weighted by molar-refractivity contribution is 0.416. The Morgan fingerprint density at radius 1 is 1.09 bits per heavy atom. The van der Waals surface area contributed by atoms with Gasteiger partial charge in [0.1, 0.15) is 10.8 Å². The summed E-state index contributed by atoms with van der Waals surface area (Å²) in [4.78, 5) is 11.0. The normalized spacial score (nSPS) is 14.5. The van der Waals surface area contributed by atoms with Gasteiger partial charge in [-0.3, -0.25) is 4.72 Å². The van der Waals surface area contributed by atoms with Crippen LogP contribution in [0.25, 0.3) is 0 Å². The quantitative estimate of drug-likeness (QED) is 0.350. The third-order valence-electron chi connectivity index (χ3n) is 5.56. The monoisotopic (exact) mass is 517 g/mol. The van der Waals surface area contributed by atoms with E-state index in [0.29, 0.717) is 34.6 Å². The van der Waals surface area contributed by atoms with Crippen molar-refractivity contribution in [3.63, 3.8) is 0 Å². The van der Waals surface area contributed by atoms with Gasteiger partial charge in [0.15, 0.2) is 5.82 Å². The molecule has 1 saturated heterocycles. The van der Waals surface area contributed by atoms with E-state index in [1.807, 2.05) is 18.2 Å². The van der Waals surface area contributed by atoms with Gasteiger partial charge in [0.25, 0.3) is 0 Å². The molecule has 186 valence electrons. The fourth-order valence-corrected chi connectivity index (χ4v) is 4.50. The van der Waals surface area contributed by atoms with Crippen molar-refractivity contribution >= 4 is 56.1 Å². The maximum Gasteiger partial charge on any atom is 0.229 e. The van der Waals surface area contributed by atoms with Crippen LogP contribution >= 0.6 is 11.6 Å². The molecule has 0 saturated carbocycles. The number of rotatable bonds is 8. The highest BCUT2D eigenvalue weighted by molar-refractivity contribution is 7.92. The number of ether oxygens (including phenoxy) is 1. The van der Waals surface area contributed by atoms with E-state index >= 15 is 0 Å². The van der Waals surface area contributed by atoms with Crippen LogP contribution in [-0.2, 0) is 10.0 Å². The summed E-state index contributed by atoms with van der Waals surface area (Å²) in [5, 5.41) is 6.52. The molecule has 10 nitrogen and oxygen atoms in total. The molecule has 12 heteroatoms. The lowest BCUT2D eigenvalue weighted by Crippen LogP contribution is -2.39. The average Bonchev–Trinajstić information content (AvgIpc) is 2.82. The highest BCUT2D eigenvalue weighted by Crippen LogP contribution is 2.34. The van der Waals surface area contributed by atoms with Crippen molar-refractivity contribution in [2.45, 2.75) is 18.9 Å². The number of halogens is 1. The number of benzene rings is 2. The van der Waals surface area contributed by atoms with Crippen molar-refractivity contribution in [1.29, 1.82) is 0 Å². The van der Waals surface area contributed by atoms with E-state index in [4.69, 9.17) is 22.1 Å². The molecule has 3 aromatic rings. The van der Waals surface area contributed by atoms with Crippen molar-refractivity contribution < 1.29 is 13.2 Å². The molecule has 35 heavy (non-hydrogen) atoms. The highest BCUT2D eigenvalue weighted by atomic mass is 35.5. The number of hydrogen-bond acceptors (Lipinski definition) is 9. The standard InChI is InChI=1S/C23H28ClN7O3S/c1-34-21-13-16(31-11-9-15(25)10-12-31)7-8-20(21)28-23-26-14-17(24)22(29-23)27-18-5-3-4-6-19(18)30-35(2,32)33/h3-8,13-15,30H,9-12,25H2,1-2H3,(H2,26,27,28,29). The number of piperidine rings is 1. The summed E-state index contributed by atoms with van der Waals surface area (Å²) in [6.07, 6.45) is 4.46. The molecule has 0 bridgehead atoms. The number of sulfonamides is 1. The minimum absolute atomic E-state index is 0.257. The molecule has 4 rings (SSSR count). The lowest BCUT2D eigenvalue weighted by atomic mass is 10.1. The summed E-state index contributed by atoms with van der Waals surface area (Å²) >= 11 is 6.32. The first-order chi connectivity index (χ1) is 16.7. The zero-order valence-corrected chi connectivity index (χ0v) is 21.0. The number of nitrogens with one attached hydrogen (secondary N) is 3. The van der Waals surface area contributed by atoms with Crippen LogP contribution in [0, 0.1) is 0 Å². The number of aromatic nitrogens is 2. The molecule has 1 aliphatic heterocycles. The maximum atomic E-state index is 11.7. The lowest BCUT2D eigenvalue weighted by Gasteiger charge is -2.32. The minimum atomic E-state index is -3.46. The SMILES string of the molecule is COc1cc(N2CCC(N)CC2)ccc1Nc1ncc(Cl)c(Nc2ccccc2NS(C)(=O)=O)n1. The van der Waals surface area contributed by atoms with Crippen LogP contribution in [0.1, 0.15) is 12.8 Å². The molecule has 1 aliphatic rings. The number of anilines is 6.